The summed E-state index contributed by atoms with van der Waals surface area (Å²) in [4.78, 5) is 2.62. The average molecular weight is 240 g/mol. The molecule has 3 nitrogen and oxygen atoms in total. The largest absolute Gasteiger partial charge is 0.376 e. The molecule has 2 saturated heterocycles. The Morgan fingerprint density at radius 2 is 1.94 bits per heavy atom. The van der Waals surface area contributed by atoms with E-state index in [1.807, 2.05) is 0 Å². The molecule has 3 heteroatoms. The Balaban J connectivity index is 1.99. The highest BCUT2D eigenvalue weighted by atomic mass is 16.5. The molecule has 0 bridgehead atoms. The van der Waals surface area contributed by atoms with Crippen LogP contribution in [0.3, 0.4) is 0 Å². The molecule has 0 amide bonds. The maximum Gasteiger partial charge on any atom is 0.0704 e. The van der Waals surface area contributed by atoms with E-state index in [-0.39, 0.29) is 17.6 Å². The van der Waals surface area contributed by atoms with E-state index in [2.05, 4.69) is 32.6 Å². The van der Waals surface area contributed by atoms with Gasteiger partial charge in [0.1, 0.15) is 0 Å². The summed E-state index contributed by atoms with van der Waals surface area (Å²) >= 11 is 0. The van der Waals surface area contributed by atoms with Crippen molar-refractivity contribution in [1.82, 2.24) is 4.90 Å². The molecule has 0 aliphatic carbocycles. The highest BCUT2D eigenvalue weighted by molar-refractivity contribution is 5.01. The zero-order valence-corrected chi connectivity index (χ0v) is 11.8. The van der Waals surface area contributed by atoms with Gasteiger partial charge in [-0.25, -0.2) is 0 Å². The number of hydrogen-bond donors (Lipinski definition) is 1. The van der Waals surface area contributed by atoms with Crippen LogP contribution >= 0.6 is 0 Å². The Bertz CT molecular complexity index is 269. The van der Waals surface area contributed by atoms with Crippen molar-refractivity contribution in [2.24, 2.45) is 11.1 Å². The van der Waals surface area contributed by atoms with E-state index < -0.39 is 0 Å². The number of likely N-dealkylation sites (tertiary alicyclic amines) is 1. The highest BCUT2D eigenvalue weighted by Gasteiger charge is 2.48. The number of rotatable bonds is 2. The van der Waals surface area contributed by atoms with Crippen molar-refractivity contribution in [2.75, 3.05) is 19.7 Å². The SMILES string of the molecule is CCC(C)(C)N1CCC2(CC1)COC(C)C2N. The maximum atomic E-state index is 6.33. The minimum Gasteiger partial charge on any atom is -0.376 e. The Morgan fingerprint density at radius 1 is 1.35 bits per heavy atom. The fourth-order valence-corrected chi connectivity index (χ4v) is 3.25. The van der Waals surface area contributed by atoms with E-state index in [4.69, 9.17) is 10.5 Å². The summed E-state index contributed by atoms with van der Waals surface area (Å²) < 4.78 is 5.76. The van der Waals surface area contributed by atoms with E-state index in [9.17, 15) is 0 Å². The number of nitrogens with two attached hydrogens (primary N) is 1. The molecular formula is C14H28N2O. The van der Waals surface area contributed by atoms with E-state index in [0.29, 0.717) is 5.54 Å². The van der Waals surface area contributed by atoms with Gasteiger partial charge in [-0.2, -0.15) is 0 Å². The van der Waals surface area contributed by atoms with Gasteiger partial charge in [0.25, 0.3) is 0 Å². The third kappa shape index (κ3) is 2.25. The number of ether oxygens (including phenoxy) is 1. The Morgan fingerprint density at radius 3 is 2.35 bits per heavy atom. The Hall–Kier alpha value is -0.120. The van der Waals surface area contributed by atoms with Gasteiger partial charge in [0.15, 0.2) is 0 Å². The third-order valence-corrected chi connectivity index (χ3v) is 5.33. The molecule has 0 saturated carbocycles. The average Bonchev–Trinajstić information content (AvgIpc) is 2.59. The van der Waals surface area contributed by atoms with E-state index >= 15 is 0 Å². The number of nitrogens with zero attached hydrogens (tertiary/aromatic N) is 1. The molecule has 2 heterocycles. The van der Waals surface area contributed by atoms with Crippen LogP contribution in [0.4, 0.5) is 0 Å². The summed E-state index contributed by atoms with van der Waals surface area (Å²) in [6.45, 7) is 12.3. The molecule has 0 aromatic rings. The van der Waals surface area contributed by atoms with E-state index in [1.165, 1.54) is 32.4 Å². The molecule has 2 rings (SSSR count). The second kappa shape index (κ2) is 4.52. The maximum absolute atomic E-state index is 6.33. The van der Waals surface area contributed by atoms with Crippen LogP contribution in [0.5, 0.6) is 0 Å². The van der Waals surface area contributed by atoms with Crippen molar-refractivity contribution in [2.45, 2.75) is 64.6 Å². The second-order valence-corrected chi connectivity index (χ2v) is 6.56. The van der Waals surface area contributed by atoms with Gasteiger partial charge in [-0.1, -0.05) is 6.92 Å². The fourth-order valence-electron chi connectivity index (χ4n) is 3.25. The topological polar surface area (TPSA) is 38.5 Å². The van der Waals surface area contributed by atoms with E-state index in [0.717, 1.165) is 6.61 Å². The monoisotopic (exact) mass is 240 g/mol. The standard InChI is InChI=1S/C14H28N2O/c1-5-13(3,4)16-8-6-14(7-9-16)10-17-11(2)12(14)15/h11-12H,5-10,15H2,1-4H3. The first-order chi connectivity index (χ1) is 7.91. The lowest BCUT2D eigenvalue weighted by molar-refractivity contribution is 0.0203. The predicted molar refractivity (Wildman–Crippen MR) is 71.0 cm³/mol. The first-order valence-corrected chi connectivity index (χ1v) is 7.03. The Kier molecular flexibility index (Phi) is 3.54. The zero-order valence-electron chi connectivity index (χ0n) is 11.8. The molecule has 0 aromatic carbocycles. The Labute approximate surface area is 106 Å². The minimum atomic E-state index is 0.231. The van der Waals surface area contributed by atoms with Crippen LogP contribution in [0.1, 0.15) is 47.0 Å². The molecule has 2 atom stereocenters. The van der Waals surface area contributed by atoms with Gasteiger partial charge in [0.05, 0.1) is 12.7 Å². The fraction of sp³-hybridized carbons (Fsp3) is 1.00. The van der Waals surface area contributed by atoms with Crippen molar-refractivity contribution in [3.05, 3.63) is 0 Å². The van der Waals surface area contributed by atoms with Gasteiger partial charge in [0, 0.05) is 17.0 Å². The first-order valence-electron chi connectivity index (χ1n) is 7.03. The van der Waals surface area contributed by atoms with Gasteiger partial charge >= 0.3 is 0 Å². The lowest BCUT2D eigenvalue weighted by Gasteiger charge is -2.47. The van der Waals surface area contributed by atoms with Crippen molar-refractivity contribution < 1.29 is 4.74 Å². The van der Waals surface area contributed by atoms with Crippen LogP contribution in [0.2, 0.25) is 0 Å². The lowest BCUT2D eigenvalue weighted by atomic mass is 9.72. The van der Waals surface area contributed by atoms with Crippen LogP contribution in [0.15, 0.2) is 0 Å². The second-order valence-electron chi connectivity index (χ2n) is 6.56. The molecule has 0 aromatic heterocycles. The predicted octanol–water partition coefficient (Wildman–Crippen LogP) is 2.00. The molecule has 1 spiro atoms. The van der Waals surface area contributed by atoms with Crippen LogP contribution in [-0.4, -0.2) is 42.3 Å². The first kappa shape index (κ1) is 13.3. The summed E-state index contributed by atoms with van der Waals surface area (Å²) in [7, 11) is 0. The summed E-state index contributed by atoms with van der Waals surface area (Å²) in [5.41, 5.74) is 6.93. The summed E-state index contributed by atoms with van der Waals surface area (Å²) in [6, 6.07) is 0.231. The van der Waals surface area contributed by atoms with Gasteiger partial charge in [-0.15, -0.1) is 0 Å². The lowest BCUT2D eigenvalue weighted by Crippen LogP contribution is -2.55. The molecule has 2 aliphatic rings. The molecule has 2 unspecified atom stereocenters. The quantitative estimate of drug-likeness (QED) is 0.802. The van der Waals surface area contributed by atoms with Crippen LogP contribution < -0.4 is 5.73 Å². The van der Waals surface area contributed by atoms with Gasteiger partial charge in [0.2, 0.25) is 0 Å². The van der Waals surface area contributed by atoms with Gasteiger partial charge in [-0.05, 0) is 53.1 Å². The molecule has 2 N–H and O–H groups in total. The molecule has 17 heavy (non-hydrogen) atoms. The number of hydrogen-bond acceptors (Lipinski definition) is 3. The highest BCUT2D eigenvalue weighted by Crippen LogP contribution is 2.42. The molecule has 100 valence electrons. The molecule has 0 radical (unpaired) electrons. The smallest absolute Gasteiger partial charge is 0.0704 e. The van der Waals surface area contributed by atoms with Crippen molar-refractivity contribution in [1.29, 1.82) is 0 Å². The number of piperidine rings is 1. The van der Waals surface area contributed by atoms with Crippen molar-refractivity contribution in [3.8, 4) is 0 Å². The van der Waals surface area contributed by atoms with Crippen LogP contribution in [-0.2, 0) is 4.74 Å². The zero-order chi connectivity index (χ0) is 12.7. The molecular weight excluding hydrogens is 212 g/mol. The molecule has 2 aliphatic heterocycles. The van der Waals surface area contributed by atoms with Crippen molar-refractivity contribution in [3.63, 3.8) is 0 Å². The minimum absolute atomic E-state index is 0.231. The third-order valence-electron chi connectivity index (χ3n) is 5.33. The van der Waals surface area contributed by atoms with Crippen LogP contribution in [0, 0.1) is 5.41 Å². The summed E-state index contributed by atoms with van der Waals surface area (Å²) in [5.74, 6) is 0. The van der Waals surface area contributed by atoms with Gasteiger partial charge < -0.3 is 10.5 Å². The summed E-state index contributed by atoms with van der Waals surface area (Å²) in [6.07, 6.45) is 3.84. The normalized spacial score (nSPS) is 34.4. The summed E-state index contributed by atoms with van der Waals surface area (Å²) in [5, 5.41) is 0. The molecule has 2 fully saturated rings. The van der Waals surface area contributed by atoms with Crippen molar-refractivity contribution >= 4 is 0 Å². The van der Waals surface area contributed by atoms with E-state index in [1.54, 1.807) is 0 Å². The van der Waals surface area contributed by atoms with Gasteiger partial charge in [-0.3, -0.25) is 4.90 Å². The van der Waals surface area contributed by atoms with Crippen LogP contribution in [0.25, 0.3) is 0 Å².